The fourth-order valence-corrected chi connectivity index (χ4v) is 2.63. The van der Waals surface area contributed by atoms with Crippen molar-refractivity contribution in [2.75, 3.05) is 32.1 Å². The molecule has 0 aliphatic rings. The Balaban J connectivity index is 3.16. The van der Waals surface area contributed by atoms with Gasteiger partial charge >= 0.3 is 0 Å². The van der Waals surface area contributed by atoms with Gasteiger partial charge in [-0.3, -0.25) is 0 Å². The van der Waals surface area contributed by atoms with Crippen LogP contribution in [-0.2, 0) is 6.54 Å². The van der Waals surface area contributed by atoms with Crippen LogP contribution in [0.2, 0.25) is 0 Å². The number of anilines is 1. The molecular weight excluding hydrogens is 236 g/mol. The van der Waals surface area contributed by atoms with E-state index in [1.807, 2.05) is 6.92 Å². The van der Waals surface area contributed by atoms with E-state index in [4.69, 9.17) is 10.7 Å². The summed E-state index contributed by atoms with van der Waals surface area (Å²) in [5.74, 6) is 1.05. The lowest BCUT2D eigenvalue weighted by molar-refractivity contribution is 0.372. The molecule has 4 nitrogen and oxygen atoms in total. The summed E-state index contributed by atoms with van der Waals surface area (Å²) in [5.41, 5.74) is 9.38. The Labute approximate surface area is 117 Å². The Hall–Kier alpha value is -1.13. The molecule has 0 aliphatic carbocycles. The van der Waals surface area contributed by atoms with Gasteiger partial charge in [-0.1, -0.05) is 0 Å². The highest BCUT2D eigenvalue weighted by Crippen LogP contribution is 2.24. The van der Waals surface area contributed by atoms with E-state index in [0.717, 1.165) is 30.2 Å². The van der Waals surface area contributed by atoms with Crippen LogP contribution >= 0.6 is 0 Å². The minimum atomic E-state index is 0.416. The van der Waals surface area contributed by atoms with Crippen LogP contribution in [0.4, 0.5) is 5.82 Å². The molecule has 0 aromatic carbocycles. The number of likely N-dealkylation sites (N-methyl/N-ethyl adjacent to an activating group) is 2. The maximum absolute atomic E-state index is 5.92. The van der Waals surface area contributed by atoms with Crippen molar-refractivity contribution in [2.24, 2.45) is 5.73 Å². The highest BCUT2D eigenvalue weighted by Gasteiger charge is 2.19. The zero-order valence-corrected chi connectivity index (χ0v) is 13.2. The largest absolute Gasteiger partial charge is 0.353 e. The number of hydrogen-bond acceptors (Lipinski definition) is 4. The lowest BCUT2D eigenvalue weighted by Gasteiger charge is -2.33. The molecule has 0 saturated heterocycles. The molecule has 0 aliphatic heterocycles. The van der Waals surface area contributed by atoms with Crippen molar-refractivity contribution in [1.82, 2.24) is 9.88 Å². The average molecular weight is 264 g/mol. The first-order chi connectivity index (χ1) is 8.90. The monoisotopic (exact) mass is 264 g/mol. The molecular formula is C15H28N4. The van der Waals surface area contributed by atoms with E-state index in [0.29, 0.717) is 12.6 Å². The number of aromatic nitrogens is 1. The fraction of sp³-hybridized carbons (Fsp3) is 0.667. The lowest BCUT2D eigenvalue weighted by Crippen LogP contribution is -2.41. The number of hydrogen-bond donors (Lipinski definition) is 1. The Morgan fingerprint density at radius 3 is 2.42 bits per heavy atom. The van der Waals surface area contributed by atoms with Gasteiger partial charge in [-0.15, -0.1) is 0 Å². The van der Waals surface area contributed by atoms with Crippen molar-refractivity contribution >= 4 is 5.82 Å². The highest BCUT2D eigenvalue weighted by atomic mass is 15.2. The van der Waals surface area contributed by atoms with Gasteiger partial charge in [-0.05, 0) is 53.4 Å². The van der Waals surface area contributed by atoms with Crippen LogP contribution in [0, 0.1) is 13.8 Å². The molecule has 0 amide bonds. The van der Waals surface area contributed by atoms with E-state index < -0.39 is 0 Å². The molecule has 0 spiro atoms. The second kappa shape index (κ2) is 6.87. The third kappa shape index (κ3) is 3.91. The molecule has 0 saturated carbocycles. The van der Waals surface area contributed by atoms with E-state index in [9.17, 15) is 0 Å². The van der Waals surface area contributed by atoms with Gasteiger partial charge in [0, 0.05) is 36.9 Å². The predicted octanol–water partition coefficient (Wildman–Crippen LogP) is 1.93. The highest BCUT2D eigenvalue weighted by molar-refractivity contribution is 5.52. The summed E-state index contributed by atoms with van der Waals surface area (Å²) in [6, 6.07) is 2.52. The van der Waals surface area contributed by atoms with Crippen LogP contribution in [0.15, 0.2) is 6.07 Å². The van der Waals surface area contributed by atoms with Crippen LogP contribution in [-0.4, -0.2) is 43.1 Å². The second-order valence-electron chi connectivity index (χ2n) is 5.48. The minimum Gasteiger partial charge on any atom is -0.353 e. The minimum absolute atomic E-state index is 0.416. The molecule has 1 rings (SSSR count). The summed E-state index contributed by atoms with van der Waals surface area (Å²) in [6.07, 6.45) is 0. The molecule has 0 fully saturated rings. The van der Waals surface area contributed by atoms with E-state index in [-0.39, 0.29) is 0 Å². The molecule has 1 unspecified atom stereocenters. The van der Waals surface area contributed by atoms with Gasteiger partial charge in [0.25, 0.3) is 0 Å². The van der Waals surface area contributed by atoms with Crippen molar-refractivity contribution in [3.05, 3.63) is 22.9 Å². The quantitative estimate of drug-likeness (QED) is 0.853. The maximum atomic E-state index is 5.92. The number of pyridine rings is 1. The van der Waals surface area contributed by atoms with E-state index in [1.165, 1.54) is 5.56 Å². The van der Waals surface area contributed by atoms with Crippen LogP contribution in [0.1, 0.15) is 30.7 Å². The van der Waals surface area contributed by atoms with Crippen molar-refractivity contribution in [3.8, 4) is 0 Å². The molecule has 1 atom stereocenters. The summed E-state index contributed by atoms with van der Waals surface area (Å²) in [6.45, 7) is 11.1. The summed E-state index contributed by atoms with van der Waals surface area (Å²) in [7, 11) is 4.20. The molecule has 1 aromatic heterocycles. The lowest BCUT2D eigenvalue weighted by atomic mass is 10.1. The Morgan fingerprint density at radius 2 is 1.95 bits per heavy atom. The van der Waals surface area contributed by atoms with Gasteiger partial charge < -0.3 is 15.5 Å². The summed E-state index contributed by atoms with van der Waals surface area (Å²) in [4.78, 5) is 9.29. The Bertz CT molecular complexity index is 415. The first kappa shape index (κ1) is 15.9. The summed E-state index contributed by atoms with van der Waals surface area (Å²) < 4.78 is 0. The van der Waals surface area contributed by atoms with Crippen molar-refractivity contribution in [1.29, 1.82) is 0 Å². The normalized spacial score (nSPS) is 12.8. The molecule has 1 aromatic rings. The molecule has 4 heteroatoms. The van der Waals surface area contributed by atoms with Crippen LogP contribution in [0.25, 0.3) is 0 Å². The molecule has 19 heavy (non-hydrogen) atoms. The fourth-order valence-electron chi connectivity index (χ4n) is 2.63. The Kier molecular flexibility index (Phi) is 5.76. The third-order valence-corrected chi connectivity index (χ3v) is 3.43. The van der Waals surface area contributed by atoms with Gasteiger partial charge in [0.15, 0.2) is 0 Å². The molecule has 1 heterocycles. The molecule has 2 N–H and O–H groups in total. The predicted molar refractivity (Wildman–Crippen MR) is 82.6 cm³/mol. The number of nitrogens with two attached hydrogens (primary N) is 1. The zero-order valence-electron chi connectivity index (χ0n) is 13.2. The maximum Gasteiger partial charge on any atom is 0.133 e. The summed E-state index contributed by atoms with van der Waals surface area (Å²) >= 11 is 0. The van der Waals surface area contributed by atoms with Crippen molar-refractivity contribution in [2.45, 2.75) is 40.3 Å². The smallest absolute Gasteiger partial charge is 0.133 e. The summed E-state index contributed by atoms with van der Waals surface area (Å²) in [5, 5.41) is 0. The Morgan fingerprint density at radius 1 is 1.32 bits per heavy atom. The van der Waals surface area contributed by atoms with Crippen molar-refractivity contribution in [3.63, 3.8) is 0 Å². The molecule has 108 valence electrons. The van der Waals surface area contributed by atoms with E-state index >= 15 is 0 Å². The van der Waals surface area contributed by atoms with Gasteiger partial charge in [0.05, 0.1) is 0 Å². The van der Waals surface area contributed by atoms with Crippen molar-refractivity contribution < 1.29 is 0 Å². The van der Waals surface area contributed by atoms with Crippen LogP contribution in [0.3, 0.4) is 0 Å². The SMILES string of the molecule is CCN(c1nc(C)cc(C)c1CN)C(C)CN(C)C. The van der Waals surface area contributed by atoms with E-state index in [2.05, 4.69) is 50.7 Å². The van der Waals surface area contributed by atoms with Crippen LogP contribution in [0.5, 0.6) is 0 Å². The second-order valence-corrected chi connectivity index (χ2v) is 5.48. The third-order valence-electron chi connectivity index (χ3n) is 3.43. The van der Waals surface area contributed by atoms with Gasteiger partial charge in [-0.2, -0.15) is 0 Å². The number of rotatable bonds is 6. The van der Waals surface area contributed by atoms with Gasteiger partial charge in [-0.25, -0.2) is 4.98 Å². The number of aryl methyl sites for hydroxylation is 2. The molecule has 0 bridgehead atoms. The standard InChI is InChI=1S/C15H28N4/c1-7-19(13(4)10-18(5)6)15-14(9-16)11(2)8-12(3)17-15/h8,13H,7,9-10,16H2,1-6H3. The van der Waals surface area contributed by atoms with Gasteiger partial charge in [0.2, 0.25) is 0 Å². The average Bonchev–Trinajstić information content (AvgIpc) is 2.28. The topological polar surface area (TPSA) is 45.4 Å². The molecule has 0 radical (unpaired) electrons. The van der Waals surface area contributed by atoms with Crippen LogP contribution < -0.4 is 10.6 Å². The zero-order chi connectivity index (χ0) is 14.6. The number of nitrogens with zero attached hydrogens (tertiary/aromatic N) is 3. The van der Waals surface area contributed by atoms with Gasteiger partial charge in [0.1, 0.15) is 5.82 Å². The first-order valence-corrected chi connectivity index (χ1v) is 6.99. The van der Waals surface area contributed by atoms with E-state index in [1.54, 1.807) is 0 Å². The first-order valence-electron chi connectivity index (χ1n) is 6.99.